The molecule has 0 saturated heterocycles. The summed E-state index contributed by atoms with van der Waals surface area (Å²) in [5.41, 5.74) is 2.32. The minimum absolute atomic E-state index is 0.723. The third-order valence-corrected chi connectivity index (χ3v) is 8.90. The van der Waals surface area contributed by atoms with Crippen molar-refractivity contribution in [1.82, 2.24) is 0 Å². The molecule has 0 fully saturated rings. The Labute approximate surface area is 127 Å². The van der Waals surface area contributed by atoms with E-state index in [1.165, 1.54) is 0 Å². The number of hydrogen-bond acceptors (Lipinski definition) is 3. The summed E-state index contributed by atoms with van der Waals surface area (Å²) in [6.07, 6.45) is 1.45. The Bertz CT molecular complexity index is 525. The summed E-state index contributed by atoms with van der Waals surface area (Å²) in [5.74, 6) is 0. The van der Waals surface area contributed by atoms with Crippen LogP contribution in [0, 0.1) is 0 Å². The average molecular weight is 324 g/mol. The molecule has 0 spiro atoms. The van der Waals surface area contributed by atoms with Crippen molar-refractivity contribution in [3.05, 3.63) is 71.8 Å². The van der Waals surface area contributed by atoms with Gasteiger partial charge in [0, 0.05) is 0 Å². The van der Waals surface area contributed by atoms with Crippen LogP contribution in [0.15, 0.2) is 60.7 Å². The third-order valence-electron chi connectivity index (χ3n) is 3.39. The first kappa shape index (κ1) is 16.5. The van der Waals surface area contributed by atoms with Gasteiger partial charge in [0.2, 0.25) is 0 Å². The Morgan fingerprint density at radius 2 is 1.19 bits per heavy atom. The van der Waals surface area contributed by atoms with Gasteiger partial charge < -0.3 is 0 Å². The van der Waals surface area contributed by atoms with Gasteiger partial charge in [-0.1, -0.05) is 0 Å². The molecule has 0 bridgehead atoms. The summed E-state index contributed by atoms with van der Waals surface area (Å²) in [6.45, 7) is 1.38. The molecule has 0 aliphatic heterocycles. The fourth-order valence-corrected chi connectivity index (χ4v) is 7.93. The molecule has 21 heavy (non-hydrogen) atoms. The van der Waals surface area contributed by atoms with Crippen molar-refractivity contribution in [3.8, 4) is 0 Å². The molecule has 2 rings (SSSR count). The van der Waals surface area contributed by atoms with Crippen molar-refractivity contribution in [2.45, 2.75) is 12.3 Å². The quantitative estimate of drug-likeness (QED) is 0.777. The van der Waals surface area contributed by atoms with Crippen LogP contribution in [0.1, 0.15) is 11.1 Å². The van der Waals surface area contributed by atoms with Crippen LogP contribution in [0.3, 0.4) is 0 Å². The Morgan fingerprint density at radius 3 is 1.52 bits per heavy atom. The minimum atomic E-state index is -2.75. The van der Waals surface area contributed by atoms with E-state index in [-0.39, 0.29) is 0 Å². The topological polar surface area (TPSA) is 49.7 Å². The van der Waals surface area contributed by atoms with E-state index in [0.717, 1.165) is 23.5 Å². The molecular formula is C16H22O3P2. The van der Waals surface area contributed by atoms with E-state index >= 15 is 0 Å². The molecule has 0 aliphatic carbocycles. The molecule has 114 valence electrons. The van der Waals surface area contributed by atoms with E-state index in [9.17, 15) is 9.79 Å². The molecule has 2 aromatic rings. The van der Waals surface area contributed by atoms with Gasteiger partial charge in [-0.3, -0.25) is 0 Å². The van der Waals surface area contributed by atoms with Gasteiger partial charge in [-0.2, -0.15) is 0 Å². The van der Waals surface area contributed by atoms with Crippen LogP contribution in [0.2, 0.25) is 0 Å². The number of rotatable bonds is 6. The average Bonchev–Trinajstić information content (AvgIpc) is 2.38. The Hall–Kier alpha value is -0.820. The van der Waals surface area contributed by atoms with Crippen molar-refractivity contribution < 1.29 is 14.1 Å². The van der Waals surface area contributed by atoms with Gasteiger partial charge in [0.1, 0.15) is 0 Å². The first-order chi connectivity index (χ1) is 9.86. The van der Waals surface area contributed by atoms with Gasteiger partial charge in [0.05, 0.1) is 0 Å². The second-order valence-electron chi connectivity index (χ2n) is 6.18. The molecule has 0 atom stereocenters. The Kier molecular flexibility index (Phi) is 5.14. The van der Waals surface area contributed by atoms with Crippen molar-refractivity contribution in [2.24, 2.45) is 0 Å². The molecule has 0 radical (unpaired) electrons. The van der Waals surface area contributed by atoms with Crippen LogP contribution in [-0.2, 0) is 16.6 Å². The predicted molar refractivity (Wildman–Crippen MR) is 91.5 cm³/mol. The molecule has 5 heteroatoms. The van der Waals surface area contributed by atoms with E-state index in [4.69, 9.17) is 4.31 Å². The van der Waals surface area contributed by atoms with Crippen molar-refractivity contribution in [3.63, 3.8) is 0 Å². The number of hydrogen-bond donors (Lipinski definition) is 2. The van der Waals surface area contributed by atoms with Gasteiger partial charge in [-0.05, 0) is 0 Å². The molecular weight excluding hydrogens is 302 g/mol. The normalized spacial score (nSPS) is 13.9. The van der Waals surface area contributed by atoms with Gasteiger partial charge in [-0.25, -0.2) is 0 Å². The first-order valence-corrected chi connectivity index (χ1v) is 11.4. The van der Waals surface area contributed by atoms with Gasteiger partial charge >= 0.3 is 127 Å². The molecule has 0 aliphatic rings. The standard InChI is InChI=1S/C16H22O3P2/c1-21(2,19-20(17)18,13-15-9-5-3-6-10-15)14-16-11-7-4-8-12-16/h3-12,17-18H,13-14H2,1-2H3. The monoisotopic (exact) mass is 324 g/mol. The summed E-state index contributed by atoms with van der Waals surface area (Å²) < 4.78 is 5.74. The molecule has 0 amide bonds. The summed E-state index contributed by atoms with van der Waals surface area (Å²) >= 11 is 0. The second kappa shape index (κ2) is 6.52. The van der Waals surface area contributed by atoms with Gasteiger partial charge in [-0.15, -0.1) is 0 Å². The molecule has 0 heterocycles. The van der Waals surface area contributed by atoms with E-state index in [1.54, 1.807) is 0 Å². The molecule has 0 unspecified atom stereocenters. The van der Waals surface area contributed by atoms with E-state index < -0.39 is 15.4 Å². The summed E-state index contributed by atoms with van der Waals surface area (Å²) in [4.78, 5) is 18.9. The fraction of sp³-hybridized carbons (Fsp3) is 0.250. The van der Waals surface area contributed by atoms with Crippen LogP contribution < -0.4 is 0 Å². The SMILES string of the molecule is CP(C)(Cc1ccccc1)(Cc1ccccc1)OP(O)O. The second-order valence-corrected chi connectivity index (χ2v) is 13.1. The van der Waals surface area contributed by atoms with E-state index in [1.807, 2.05) is 36.4 Å². The zero-order valence-electron chi connectivity index (χ0n) is 12.4. The van der Waals surface area contributed by atoms with Gasteiger partial charge in [0.25, 0.3) is 0 Å². The molecule has 2 N–H and O–H groups in total. The van der Waals surface area contributed by atoms with E-state index in [2.05, 4.69) is 37.6 Å². The van der Waals surface area contributed by atoms with Crippen molar-refractivity contribution in [1.29, 1.82) is 0 Å². The fourth-order valence-electron chi connectivity index (χ4n) is 2.67. The van der Waals surface area contributed by atoms with Crippen LogP contribution in [0.5, 0.6) is 0 Å². The number of benzene rings is 2. The van der Waals surface area contributed by atoms with Crippen LogP contribution in [-0.4, -0.2) is 23.1 Å². The maximum absolute atomic E-state index is 9.44. The predicted octanol–water partition coefficient (Wildman–Crippen LogP) is 4.34. The molecule has 2 aromatic carbocycles. The van der Waals surface area contributed by atoms with Gasteiger partial charge in [0.15, 0.2) is 0 Å². The Morgan fingerprint density at radius 1 is 0.810 bits per heavy atom. The third kappa shape index (κ3) is 5.14. The zero-order valence-corrected chi connectivity index (χ0v) is 14.2. The van der Waals surface area contributed by atoms with Crippen LogP contribution in [0.25, 0.3) is 0 Å². The van der Waals surface area contributed by atoms with E-state index in [0.29, 0.717) is 0 Å². The molecule has 0 aromatic heterocycles. The summed E-state index contributed by atoms with van der Waals surface area (Å²) in [7, 11) is -2.37. The van der Waals surface area contributed by atoms with Crippen molar-refractivity contribution in [2.75, 3.05) is 13.3 Å². The molecule has 0 saturated carbocycles. The van der Waals surface area contributed by atoms with Crippen LogP contribution in [0.4, 0.5) is 0 Å². The summed E-state index contributed by atoms with van der Waals surface area (Å²) in [6, 6.07) is 20.2. The Balaban J connectivity index is 2.30. The zero-order chi connectivity index (χ0) is 15.4. The summed E-state index contributed by atoms with van der Waals surface area (Å²) in [5, 5.41) is 0. The maximum atomic E-state index is 9.44. The van der Waals surface area contributed by atoms with Crippen LogP contribution >= 0.6 is 15.4 Å². The molecule has 3 nitrogen and oxygen atoms in total. The van der Waals surface area contributed by atoms with Crippen molar-refractivity contribution >= 4 is 15.4 Å². The first-order valence-electron chi connectivity index (χ1n) is 6.82.